The lowest BCUT2D eigenvalue weighted by Crippen LogP contribution is -2.37. The molecule has 9 heterocycles. The van der Waals surface area contributed by atoms with Gasteiger partial charge in [-0.15, -0.1) is 24.0 Å². The predicted octanol–water partition coefficient (Wildman–Crippen LogP) is 15.7. The summed E-state index contributed by atoms with van der Waals surface area (Å²) >= 11 is 5.97. The number of ether oxygens (including phenoxy) is 8. The van der Waals surface area contributed by atoms with Crippen molar-refractivity contribution in [1.29, 1.82) is 0 Å². The Hall–Kier alpha value is -12.6. The third-order valence-electron chi connectivity index (χ3n) is 23.6. The van der Waals surface area contributed by atoms with E-state index in [1.807, 2.05) is 143 Å². The Bertz CT molecular complexity index is 4850. The number of imidazole rings is 3. The fourth-order valence-electron chi connectivity index (χ4n) is 16.5. The van der Waals surface area contributed by atoms with Crippen LogP contribution in [0.5, 0.6) is 11.5 Å². The van der Waals surface area contributed by atoms with Crippen LogP contribution in [0.3, 0.4) is 0 Å². The number of aromatic nitrogens is 6. The summed E-state index contributed by atoms with van der Waals surface area (Å²) in [4.78, 5) is 115. The van der Waals surface area contributed by atoms with Crippen molar-refractivity contribution in [2.75, 3.05) is 163 Å². The number of carbonyl (C=O) groups excluding carboxylic acids is 6. The molecule has 15 rings (SSSR count). The van der Waals surface area contributed by atoms with Gasteiger partial charge in [0, 0.05) is 118 Å². The van der Waals surface area contributed by atoms with E-state index in [1.165, 1.54) is 53.3 Å². The van der Waals surface area contributed by atoms with Crippen molar-refractivity contribution in [3.63, 3.8) is 0 Å². The number of aliphatic hydroxyl groups is 1. The zero-order chi connectivity index (χ0) is 97.2. The number of benzene rings is 6. The quantitative estimate of drug-likeness (QED) is 0.0122. The van der Waals surface area contributed by atoms with Crippen LogP contribution in [0.1, 0.15) is 141 Å². The molecule has 0 bridgehead atoms. The van der Waals surface area contributed by atoms with Gasteiger partial charge in [-0.25, -0.2) is 18.9 Å². The first-order valence-corrected chi connectivity index (χ1v) is 47.0. The highest BCUT2D eigenvalue weighted by Crippen LogP contribution is 2.35. The van der Waals surface area contributed by atoms with Crippen molar-refractivity contribution in [2.45, 2.75) is 144 Å². The van der Waals surface area contributed by atoms with Gasteiger partial charge in [0.2, 0.25) is 0 Å². The topological polar surface area (TPSA) is 401 Å². The molecule has 9 aromatic rings. The minimum atomic E-state index is -0.583. The highest BCUT2D eigenvalue weighted by Gasteiger charge is 2.33. The molecule has 0 unspecified atom stereocenters. The fraction of sp³-hybridized carbons (Fsp3) is 0.485. The summed E-state index contributed by atoms with van der Waals surface area (Å²) in [6.07, 6.45) is 19.4. The summed E-state index contributed by atoms with van der Waals surface area (Å²) in [7, 11) is 3.13. The van der Waals surface area contributed by atoms with E-state index in [2.05, 4.69) is 84.8 Å². The van der Waals surface area contributed by atoms with Crippen LogP contribution in [0.4, 0.5) is 50.7 Å². The number of H-pyrrole nitrogens is 1. The van der Waals surface area contributed by atoms with Crippen LogP contribution in [0.2, 0.25) is 0 Å². The molecule has 3 aromatic heterocycles. The molecule has 740 valence electrons. The number of anilines is 6. The maximum Gasteiger partial charge on any atom is 0.434 e. The van der Waals surface area contributed by atoms with Crippen molar-refractivity contribution in [3.8, 4) is 11.5 Å². The highest BCUT2D eigenvalue weighted by atomic mass is 35.5. The number of hydrogen-bond donors (Lipinski definition) is 4. The number of alkyl halides is 1. The Labute approximate surface area is 807 Å². The number of carbonyl (C=O) groups is 6. The average molecular weight is 1930 g/mol. The Morgan fingerprint density at radius 2 is 0.728 bits per heavy atom. The van der Waals surface area contributed by atoms with Crippen molar-refractivity contribution in [3.05, 3.63) is 231 Å². The summed E-state index contributed by atoms with van der Waals surface area (Å²) in [6, 6.07) is 46.6. The van der Waals surface area contributed by atoms with Crippen LogP contribution in [-0.2, 0) is 82.8 Å². The van der Waals surface area contributed by atoms with E-state index in [1.54, 1.807) is 37.7 Å². The number of aliphatic hydroxyl groups excluding tert-OH is 1. The molecule has 6 fully saturated rings. The molecule has 6 saturated heterocycles. The molecule has 136 heavy (non-hydrogen) atoms. The number of piperidine rings is 6. The largest absolute Gasteiger partial charge is 0.495 e. The van der Waals surface area contributed by atoms with Gasteiger partial charge in [0.1, 0.15) is 24.3 Å². The van der Waals surface area contributed by atoms with Crippen LogP contribution in [-0.4, -0.2) is 212 Å². The molecular formula is C99H134Cl2FN15O19. The monoisotopic (exact) mass is 1930 g/mol. The lowest BCUT2D eigenvalue weighted by molar-refractivity contribution is -0.396. The zero-order valence-electron chi connectivity index (χ0n) is 79.2. The van der Waals surface area contributed by atoms with Gasteiger partial charge in [-0.1, -0.05) is 107 Å². The number of para-hydroxylation sites is 7. The molecule has 6 aromatic carbocycles. The SMILES string of the molecule is CCOC(=O)C1CCN(c2ccccc2CCl)CC1.CCOC(=O)C1CCN(c2ccccc2CO)CC1.CCOC(=O)C1CCN(c2ccccc2Cn2ccnc2N)CC1.CCOC(=O)C1CCN(c2ccccc2Cn2ccnc2[N+](=O)[O-])CC1.CCOC(=O)C1CCN(c2ccccc2OC)CC1.CCOC(=O)C1CCNCC1.COc1ccccc1F.Cl.O=[N+]([O-])c1ncc[nH]1. The van der Waals surface area contributed by atoms with E-state index in [0.29, 0.717) is 64.6 Å². The highest BCUT2D eigenvalue weighted by molar-refractivity contribution is 6.17. The number of esters is 6. The van der Waals surface area contributed by atoms with Crippen LogP contribution in [0, 0.1) is 61.6 Å². The summed E-state index contributed by atoms with van der Waals surface area (Å²) in [5.74, 6) is 1.40. The van der Waals surface area contributed by atoms with Gasteiger partial charge in [0.15, 0.2) is 17.5 Å². The van der Waals surface area contributed by atoms with Crippen molar-refractivity contribution < 1.29 is 86.0 Å². The number of methoxy groups -OCH3 is 2. The second-order valence-corrected chi connectivity index (χ2v) is 32.4. The fourth-order valence-corrected chi connectivity index (χ4v) is 16.7. The van der Waals surface area contributed by atoms with Crippen LogP contribution < -0.4 is 45.0 Å². The maximum absolute atomic E-state index is 12.5. The number of aromatic amines is 1. The van der Waals surface area contributed by atoms with E-state index >= 15 is 0 Å². The first-order valence-electron chi connectivity index (χ1n) is 46.5. The lowest BCUT2D eigenvalue weighted by atomic mass is 9.96. The van der Waals surface area contributed by atoms with Gasteiger partial charge in [0.25, 0.3) is 0 Å². The molecule has 0 aliphatic carbocycles. The number of nitrogens with one attached hydrogen (secondary N) is 2. The molecule has 6 aliphatic rings. The Balaban J connectivity index is 0.000000217. The van der Waals surface area contributed by atoms with Crippen molar-refractivity contribution in [1.82, 2.24) is 34.4 Å². The van der Waals surface area contributed by atoms with E-state index in [-0.39, 0.29) is 114 Å². The summed E-state index contributed by atoms with van der Waals surface area (Å²) < 4.78 is 56.4. The number of nitrogen functional groups attached to an aromatic ring is 1. The van der Waals surface area contributed by atoms with Crippen LogP contribution >= 0.6 is 24.0 Å². The molecule has 0 atom stereocenters. The number of nitrogens with zero attached hydrogens (tertiary/aromatic N) is 12. The normalized spacial score (nSPS) is 15.2. The molecule has 0 spiro atoms. The van der Waals surface area contributed by atoms with Crippen LogP contribution in [0.25, 0.3) is 0 Å². The number of nitro groups is 2. The number of rotatable bonds is 27. The molecule has 0 radical (unpaired) electrons. The molecule has 0 amide bonds. The minimum absolute atomic E-state index is 0. The van der Waals surface area contributed by atoms with E-state index in [0.717, 1.165) is 195 Å². The lowest BCUT2D eigenvalue weighted by Gasteiger charge is -2.34. The standard InChI is InChI=1S/C18H22N4O4.C18H24N4O2.C15H20ClNO2.2C15H21NO3.C8H15NO2.C7H7FO.C3H3N3O2.ClH/c1-2-26-17(23)14-7-10-20(11-8-14)16-6-4-3-5-15(16)13-21-12-9-19-18(21)22(24)25;1-2-24-17(23)14-7-10-21(11-8-14)16-6-4-3-5-15(16)13-22-12-9-20-18(22)19;1-2-19-15(18)12-7-9-17(10-8-12)14-6-4-3-5-13(14)11-16;1-3-19-15(17)12-8-10-16(11-9-12)13-6-4-5-7-14(13)18-2;1-2-19-15(18)12-7-9-16(10-8-12)14-6-4-3-5-13(14)11-17;1-2-11-8(10)7-3-5-9-6-4-7;1-9-7-5-3-2-4-6(7)8;7-6(8)3-4-1-2-5-3;/h3-6,9,12,14H,2,7-8,10-11,13H2,1H3;3-6,9,12,14H,2,7-8,10-11,13H2,1H3,(H2,19,20);3-6,12H,2,7-11H2,1H3;4-7,12H,3,8-11H2,1-2H3;3-6,12,17H,2,7-11H2,1H3;7,9H,2-6H2,1H3;2-5H,1H3;1-2H,(H,4,5);1H. The van der Waals surface area contributed by atoms with Gasteiger partial charge in [0.05, 0.1) is 121 Å². The van der Waals surface area contributed by atoms with Gasteiger partial charge < -0.3 is 103 Å². The number of halogens is 3. The van der Waals surface area contributed by atoms with Gasteiger partial charge in [-0.2, -0.15) is 0 Å². The maximum atomic E-state index is 12.5. The van der Waals surface area contributed by atoms with E-state index in [9.17, 15) is 58.5 Å². The predicted molar refractivity (Wildman–Crippen MR) is 523 cm³/mol. The van der Waals surface area contributed by atoms with Crippen molar-refractivity contribution >= 4 is 106 Å². The first kappa shape index (κ1) is 110. The molecule has 6 aliphatic heterocycles. The van der Waals surface area contributed by atoms with Crippen molar-refractivity contribution in [2.24, 2.45) is 35.5 Å². The second-order valence-electron chi connectivity index (χ2n) is 32.2. The third-order valence-corrected chi connectivity index (χ3v) is 23.9. The molecule has 0 saturated carbocycles. The van der Waals surface area contributed by atoms with Gasteiger partial charge in [-0.3, -0.25) is 28.8 Å². The molecule has 5 N–H and O–H groups in total. The minimum Gasteiger partial charge on any atom is -0.495 e. The smallest absolute Gasteiger partial charge is 0.434 e. The molecule has 37 heteroatoms. The van der Waals surface area contributed by atoms with Crippen LogP contribution in [0.15, 0.2) is 183 Å². The number of nitrogens with two attached hydrogens (primary N) is 1. The van der Waals surface area contributed by atoms with E-state index < -0.39 is 9.85 Å². The summed E-state index contributed by atoms with van der Waals surface area (Å²) in [6.45, 7) is 25.2. The average Bonchev–Trinajstić information content (AvgIpc) is 1.55. The second kappa shape index (κ2) is 60.7. The van der Waals surface area contributed by atoms with Gasteiger partial charge >= 0.3 is 47.7 Å². The third kappa shape index (κ3) is 34.9. The van der Waals surface area contributed by atoms with E-state index in [4.69, 9.17) is 50.5 Å². The first-order chi connectivity index (χ1) is 65.5. The molecule has 34 nitrogen and oxygen atoms in total. The molecular weight excluding hydrogens is 1790 g/mol. The Morgan fingerprint density at radius 3 is 1.04 bits per heavy atom. The summed E-state index contributed by atoms with van der Waals surface area (Å²) in [5.41, 5.74) is 15.8. The Kier molecular flexibility index (Phi) is 49.3. The Morgan fingerprint density at radius 1 is 0.419 bits per heavy atom. The zero-order valence-corrected chi connectivity index (χ0v) is 80.8. The summed E-state index contributed by atoms with van der Waals surface area (Å²) in [5, 5.41) is 33.4. The number of hydrogen-bond acceptors (Lipinski definition) is 29. The van der Waals surface area contributed by atoms with Gasteiger partial charge in [-0.05, 0) is 201 Å².